The molecule has 8 heteroatoms. The molecule has 1 aromatic heterocycles. The summed E-state index contributed by atoms with van der Waals surface area (Å²) in [4.78, 5) is 4.06. The van der Waals surface area contributed by atoms with Crippen molar-refractivity contribution in [2.24, 2.45) is 0 Å². The minimum atomic E-state index is -4.44. The number of aromatic nitrogens is 2. The lowest BCUT2D eigenvalue weighted by Crippen LogP contribution is -2.04. The largest absolute Gasteiger partial charge is 0.497 e. The van der Waals surface area contributed by atoms with Crippen molar-refractivity contribution < 1.29 is 27.2 Å². The predicted molar refractivity (Wildman–Crippen MR) is 82.1 cm³/mol. The first-order chi connectivity index (χ1) is 12.0. The highest BCUT2D eigenvalue weighted by atomic mass is 19.4. The summed E-state index contributed by atoms with van der Waals surface area (Å²) in [5.41, 5.74) is -0.590. The van der Waals surface area contributed by atoms with Crippen molar-refractivity contribution in [1.82, 2.24) is 10.1 Å². The summed E-state index contributed by atoms with van der Waals surface area (Å²) in [6.45, 7) is 0.00955. The van der Waals surface area contributed by atoms with Crippen LogP contribution < -0.4 is 9.47 Å². The fourth-order valence-electron chi connectivity index (χ4n) is 2.10. The van der Waals surface area contributed by atoms with Gasteiger partial charge in [0.1, 0.15) is 11.5 Å². The Kier molecular flexibility index (Phi) is 4.60. The Morgan fingerprint density at radius 1 is 1.04 bits per heavy atom. The molecule has 0 aliphatic heterocycles. The Bertz CT molecular complexity index is 862. The highest BCUT2D eigenvalue weighted by molar-refractivity contribution is 5.54. The molecule has 0 atom stereocenters. The zero-order valence-electron chi connectivity index (χ0n) is 13.1. The van der Waals surface area contributed by atoms with Gasteiger partial charge in [-0.2, -0.15) is 18.2 Å². The molecule has 2 aromatic carbocycles. The summed E-state index contributed by atoms with van der Waals surface area (Å²) in [7, 11) is 1.54. The van der Waals surface area contributed by atoms with Crippen molar-refractivity contribution in [2.75, 3.05) is 7.11 Å². The Hall–Kier alpha value is -3.03. The van der Waals surface area contributed by atoms with Gasteiger partial charge in [0.15, 0.2) is 6.61 Å². The van der Waals surface area contributed by atoms with E-state index in [9.17, 15) is 13.2 Å². The van der Waals surface area contributed by atoms with Gasteiger partial charge in [-0.3, -0.25) is 0 Å². The molecule has 3 aromatic rings. The molecule has 5 nitrogen and oxygen atoms in total. The number of benzene rings is 2. The summed E-state index contributed by atoms with van der Waals surface area (Å²) in [6, 6.07) is 11.6. The van der Waals surface area contributed by atoms with Crippen LogP contribution >= 0.6 is 0 Å². The van der Waals surface area contributed by atoms with Gasteiger partial charge in [-0.1, -0.05) is 17.3 Å². The quantitative estimate of drug-likeness (QED) is 0.685. The van der Waals surface area contributed by atoms with E-state index >= 15 is 0 Å². The third-order valence-corrected chi connectivity index (χ3v) is 3.31. The average Bonchev–Trinajstić information content (AvgIpc) is 3.09. The standard InChI is InChI=1S/C17H13F3N2O3/c1-23-13-6-3-7-14(9-13)24-10-15-21-16(25-22-15)11-4-2-5-12(8-11)17(18,19)20/h2-9H,10H2,1H3. The molecule has 25 heavy (non-hydrogen) atoms. The van der Waals surface area contributed by atoms with Gasteiger partial charge in [-0.25, -0.2) is 0 Å². The highest BCUT2D eigenvalue weighted by Crippen LogP contribution is 2.31. The van der Waals surface area contributed by atoms with Gasteiger partial charge < -0.3 is 14.0 Å². The van der Waals surface area contributed by atoms with Gasteiger partial charge in [-0.15, -0.1) is 0 Å². The second-order valence-electron chi connectivity index (χ2n) is 5.06. The molecule has 0 bridgehead atoms. The average molecular weight is 350 g/mol. The first kappa shape index (κ1) is 16.8. The van der Waals surface area contributed by atoms with E-state index < -0.39 is 11.7 Å². The molecule has 1 heterocycles. The summed E-state index contributed by atoms with van der Waals surface area (Å²) in [5.74, 6) is 1.39. The minimum Gasteiger partial charge on any atom is -0.497 e. The molecule has 0 saturated heterocycles. The Balaban J connectivity index is 1.72. The van der Waals surface area contributed by atoms with Crippen molar-refractivity contribution in [3.05, 3.63) is 59.9 Å². The number of alkyl halides is 3. The maximum absolute atomic E-state index is 12.8. The Morgan fingerprint density at radius 2 is 1.80 bits per heavy atom. The molecule has 0 amide bonds. The van der Waals surface area contributed by atoms with E-state index in [4.69, 9.17) is 14.0 Å². The molecule has 0 unspecified atom stereocenters. The third-order valence-electron chi connectivity index (χ3n) is 3.31. The second-order valence-corrected chi connectivity index (χ2v) is 5.06. The number of hydrogen-bond acceptors (Lipinski definition) is 5. The van der Waals surface area contributed by atoms with E-state index in [1.54, 1.807) is 31.4 Å². The number of hydrogen-bond donors (Lipinski definition) is 0. The SMILES string of the molecule is COc1cccc(OCc2noc(-c3cccc(C(F)(F)F)c3)n2)c1. The second kappa shape index (κ2) is 6.84. The van der Waals surface area contributed by atoms with Crippen LogP contribution in [0, 0.1) is 0 Å². The number of ether oxygens (including phenoxy) is 2. The van der Waals surface area contributed by atoms with Crippen molar-refractivity contribution >= 4 is 0 Å². The van der Waals surface area contributed by atoms with Crippen LogP contribution in [-0.2, 0) is 12.8 Å². The van der Waals surface area contributed by atoms with Crippen LogP contribution in [0.25, 0.3) is 11.5 Å². The third kappa shape index (κ3) is 4.09. The van der Waals surface area contributed by atoms with Crippen LogP contribution in [0.1, 0.15) is 11.4 Å². The van der Waals surface area contributed by atoms with E-state index in [2.05, 4.69) is 10.1 Å². The highest BCUT2D eigenvalue weighted by Gasteiger charge is 2.30. The number of halogens is 3. The maximum atomic E-state index is 12.8. The maximum Gasteiger partial charge on any atom is 0.416 e. The minimum absolute atomic E-state index is 0.00431. The smallest absolute Gasteiger partial charge is 0.416 e. The zero-order chi connectivity index (χ0) is 17.9. The van der Waals surface area contributed by atoms with Crippen molar-refractivity contribution in [3.8, 4) is 23.0 Å². The van der Waals surface area contributed by atoms with Gasteiger partial charge in [0, 0.05) is 11.6 Å². The monoisotopic (exact) mass is 350 g/mol. The number of rotatable bonds is 5. The van der Waals surface area contributed by atoms with Crippen molar-refractivity contribution in [2.45, 2.75) is 12.8 Å². The first-order valence-electron chi connectivity index (χ1n) is 7.23. The summed E-state index contributed by atoms with van der Waals surface area (Å²) < 4.78 is 53.9. The van der Waals surface area contributed by atoms with Crippen molar-refractivity contribution in [1.29, 1.82) is 0 Å². The van der Waals surface area contributed by atoms with E-state index in [1.807, 2.05) is 0 Å². The van der Waals surface area contributed by atoms with Crippen molar-refractivity contribution in [3.63, 3.8) is 0 Å². The topological polar surface area (TPSA) is 57.4 Å². The molecular formula is C17H13F3N2O3. The van der Waals surface area contributed by atoms with E-state index in [0.717, 1.165) is 12.1 Å². The molecule has 0 aliphatic rings. The summed E-state index contributed by atoms with van der Waals surface area (Å²) in [5, 5.41) is 3.72. The van der Waals surface area contributed by atoms with Gasteiger partial charge in [0.25, 0.3) is 5.89 Å². The van der Waals surface area contributed by atoms with Gasteiger partial charge >= 0.3 is 6.18 Å². The zero-order valence-corrected chi connectivity index (χ0v) is 13.1. The molecule has 130 valence electrons. The molecule has 0 saturated carbocycles. The van der Waals surface area contributed by atoms with Crippen LogP contribution in [0.5, 0.6) is 11.5 Å². The van der Waals surface area contributed by atoms with Gasteiger partial charge in [-0.05, 0) is 30.3 Å². The van der Waals surface area contributed by atoms with Crippen LogP contribution in [0.15, 0.2) is 53.1 Å². The summed E-state index contributed by atoms with van der Waals surface area (Å²) >= 11 is 0. The fraction of sp³-hybridized carbons (Fsp3) is 0.176. The van der Waals surface area contributed by atoms with Crippen LogP contribution in [0.3, 0.4) is 0 Å². The van der Waals surface area contributed by atoms with E-state index in [-0.39, 0.29) is 23.9 Å². The predicted octanol–water partition coefficient (Wildman–Crippen LogP) is 4.34. The first-order valence-corrected chi connectivity index (χ1v) is 7.23. The lowest BCUT2D eigenvalue weighted by molar-refractivity contribution is -0.137. The lowest BCUT2D eigenvalue weighted by atomic mass is 10.1. The van der Waals surface area contributed by atoms with Crippen LogP contribution in [0.2, 0.25) is 0 Å². The molecule has 0 fully saturated rings. The van der Waals surface area contributed by atoms with E-state index in [0.29, 0.717) is 11.5 Å². The molecular weight excluding hydrogens is 337 g/mol. The van der Waals surface area contributed by atoms with E-state index in [1.165, 1.54) is 12.1 Å². The Labute approximate surface area is 141 Å². The molecule has 0 aliphatic carbocycles. The fourth-order valence-corrected chi connectivity index (χ4v) is 2.10. The molecule has 0 radical (unpaired) electrons. The van der Waals surface area contributed by atoms with Crippen LogP contribution in [-0.4, -0.2) is 17.3 Å². The normalized spacial score (nSPS) is 11.4. The Morgan fingerprint density at radius 3 is 2.56 bits per heavy atom. The number of nitrogens with zero attached hydrogens (tertiary/aromatic N) is 2. The van der Waals surface area contributed by atoms with Crippen LogP contribution in [0.4, 0.5) is 13.2 Å². The summed E-state index contributed by atoms with van der Waals surface area (Å²) in [6.07, 6.45) is -4.44. The van der Waals surface area contributed by atoms with Gasteiger partial charge in [0.2, 0.25) is 5.82 Å². The molecule has 3 rings (SSSR count). The van der Waals surface area contributed by atoms with Gasteiger partial charge in [0.05, 0.1) is 12.7 Å². The molecule has 0 spiro atoms. The number of methoxy groups -OCH3 is 1. The molecule has 0 N–H and O–H groups in total. The lowest BCUT2D eigenvalue weighted by Gasteiger charge is -2.06.